The average Bonchev–Trinajstić information content (AvgIpc) is 2.74. The molecule has 2 N–H and O–H groups in total. The molecule has 0 spiro atoms. The van der Waals surface area contributed by atoms with Crippen LogP contribution >= 0.6 is 0 Å². The first-order valence-electron chi connectivity index (χ1n) is 11.0. The highest BCUT2D eigenvalue weighted by Gasteiger charge is 2.19. The Morgan fingerprint density at radius 3 is 2.66 bits per heavy atom. The second kappa shape index (κ2) is 11.5. The van der Waals surface area contributed by atoms with Gasteiger partial charge in [0.2, 0.25) is 0 Å². The third-order valence-electron chi connectivity index (χ3n) is 5.54. The Morgan fingerprint density at radius 1 is 1.25 bits per heavy atom. The van der Waals surface area contributed by atoms with E-state index in [2.05, 4.69) is 21.4 Å². The van der Waals surface area contributed by atoms with E-state index >= 15 is 0 Å². The fourth-order valence-electron chi connectivity index (χ4n) is 3.38. The molecule has 7 heteroatoms. The van der Waals surface area contributed by atoms with Crippen LogP contribution in [0.1, 0.15) is 31.2 Å². The number of amides is 1. The molecule has 170 valence electrons. The number of aromatic nitrogens is 2. The highest BCUT2D eigenvalue weighted by molar-refractivity contribution is 5.87. The molecule has 0 bridgehead atoms. The van der Waals surface area contributed by atoms with Gasteiger partial charge in [-0.05, 0) is 50.9 Å². The largest absolute Gasteiger partial charge is 0.490 e. The van der Waals surface area contributed by atoms with E-state index in [0.717, 1.165) is 42.5 Å². The summed E-state index contributed by atoms with van der Waals surface area (Å²) in [6.07, 6.45) is 11.2. The molecule has 1 aromatic heterocycles. The van der Waals surface area contributed by atoms with Gasteiger partial charge in [-0.1, -0.05) is 42.8 Å². The first-order valence-corrected chi connectivity index (χ1v) is 11.0. The van der Waals surface area contributed by atoms with Crippen molar-refractivity contribution in [3.05, 3.63) is 66.5 Å². The molecule has 7 nitrogen and oxygen atoms in total. The number of ether oxygens (including phenoxy) is 1. The second-order valence-corrected chi connectivity index (χ2v) is 8.45. The highest BCUT2D eigenvalue weighted by Crippen LogP contribution is 2.32. The summed E-state index contributed by atoms with van der Waals surface area (Å²) in [5, 5.41) is 1.20. The number of hydrazine groups is 1. The molecule has 1 aromatic carbocycles. The molecule has 2 aromatic rings. The number of rotatable bonds is 11. The number of nitrogens with zero attached hydrogens (tertiary/aromatic N) is 4. The van der Waals surface area contributed by atoms with Crippen LogP contribution in [-0.4, -0.2) is 53.0 Å². The Labute approximate surface area is 190 Å². The van der Waals surface area contributed by atoms with Gasteiger partial charge in [0.1, 0.15) is 0 Å². The van der Waals surface area contributed by atoms with E-state index in [1.807, 2.05) is 38.4 Å². The first kappa shape index (κ1) is 23.6. The van der Waals surface area contributed by atoms with E-state index in [0.29, 0.717) is 30.6 Å². The molecule has 32 heavy (non-hydrogen) atoms. The summed E-state index contributed by atoms with van der Waals surface area (Å²) in [7, 11) is 4.07. The maximum Gasteiger partial charge on any atom is 0.260 e. The predicted octanol–water partition coefficient (Wildman–Crippen LogP) is 3.59. The third kappa shape index (κ3) is 7.00. The van der Waals surface area contributed by atoms with Crippen LogP contribution in [0.4, 0.5) is 0 Å². The lowest BCUT2D eigenvalue weighted by molar-refractivity contribution is -0.126. The number of benzene rings is 1. The average molecular weight is 436 g/mol. The van der Waals surface area contributed by atoms with Crippen LogP contribution in [0.15, 0.2) is 61.0 Å². The number of hydrogen-bond acceptors (Lipinski definition) is 6. The van der Waals surface area contributed by atoms with Gasteiger partial charge in [0.05, 0.1) is 25.5 Å². The zero-order chi connectivity index (χ0) is 22.9. The molecule has 1 fully saturated rings. The zero-order valence-corrected chi connectivity index (χ0v) is 19.0. The fourth-order valence-corrected chi connectivity index (χ4v) is 3.38. The molecule has 1 heterocycles. The van der Waals surface area contributed by atoms with Gasteiger partial charge >= 0.3 is 0 Å². The number of nitrogens with two attached hydrogens (primary N) is 1. The lowest BCUT2D eigenvalue weighted by Crippen LogP contribution is -2.35. The monoisotopic (exact) mass is 435 g/mol. The third-order valence-corrected chi connectivity index (χ3v) is 5.54. The molecule has 0 saturated heterocycles. The van der Waals surface area contributed by atoms with Gasteiger partial charge in [-0.15, -0.1) is 0 Å². The highest BCUT2D eigenvalue weighted by atomic mass is 16.5. The topological polar surface area (TPSA) is 84.6 Å². The molecule has 1 aliphatic carbocycles. The molecular formula is C25H33N5O2. The van der Waals surface area contributed by atoms with Crippen molar-refractivity contribution in [2.45, 2.75) is 32.2 Å². The van der Waals surface area contributed by atoms with Gasteiger partial charge in [0, 0.05) is 18.2 Å². The maximum absolute atomic E-state index is 12.4. The van der Waals surface area contributed by atoms with Crippen molar-refractivity contribution in [3.63, 3.8) is 0 Å². The summed E-state index contributed by atoms with van der Waals surface area (Å²) < 4.78 is 5.69. The fraction of sp³-hybridized carbons (Fsp3) is 0.400. The molecule has 1 amide bonds. The van der Waals surface area contributed by atoms with E-state index in [1.54, 1.807) is 18.5 Å². The normalized spacial score (nSPS) is 13.9. The van der Waals surface area contributed by atoms with Crippen LogP contribution < -0.4 is 10.6 Å². The summed E-state index contributed by atoms with van der Waals surface area (Å²) in [4.78, 5) is 23.3. The van der Waals surface area contributed by atoms with Crippen LogP contribution in [0.5, 0.6) is 5.75 Å². The molecule has 1 saturated carbocycles. The zero-order valence-electron chi connectivity index (χ0n) is 19.0. The Balaban J connectivity index is 1.54. The van der Waals surface area contributed by atoms with Crippen molar-refractivity contribution in [2.75, 3.05) is 27.2 Å². The maximum atomic E-state index is 12.4. The predicted molar refractivity (Wildman–Crippen MR) is 126 cm³/mol. The minimum atomic E-state index is -0.247. The summed E-state index contributed by atoms with van der Waals surface area (Å²) in [5.74, 6) is 7.51. The van der Waals surface area contributed by atoms with E-state index in [1.165, 1.54) is 17.5 Å². The van der Waals surface area contributed by atoms with Crippen molar-refractivity contribution in [1.29, 1.82) is 0 Å². The number of allylic oxidation sites excluding steroid dienone is 2. The van der Waals surface area contributed by atoms with Gasteiger partial charge in [-0.3, -0.25) is 9.80 Å². The number of carbonyl (C=O) groups is 1. The van der Waals surface area contributed by atoms with Gasteiger partial charge in [0.15, 0.2) is 11.6 Å². The van der Waals surface area contributed by atoms with Crippen LogP contribution in [0, 0.1) is 5.92 Å². The molecule has 0 unspecified atom stereocenters. The lowest BCUT2D eigenvalue weighted by atomic mass is 9.80. The Bertz CT molecular complexity index is 936. The first-order chi connectivity index (χ1) is 15.4. The van der Waals surface area contributed by atoms with Crippen molar-refractivity contribution in [3.8, 4) is 17.1 Å². The Kier molecular flexibility index (Phi) is 8.53. The molecule has 0 radical (unpaired) electrons. The summed E-state index contributed by atoms with van der Waals surface area (Å²) in [6.45, 7) is 5.93. The molecular weight excluding hydrogens is 402 g/mol. The van der Waals surface area contributed by atoms with E-state index < -0.39 is 0 Å². The minimum absolute atomic E-state index is 0.247. The second-order valence-electron chi connectivity index (χ2n) is 8.45. The quantitative estimate of drug-likeness (QED) is 0.145. The number of hydrogen-bond donors (Lipinski definition) is 1. The van der Waals surface area contributed by atoms with Crippen LogP contribution in [-0.2, 0) is 11.3 Å². The van der Waals surface area contributed by atoms with Gasteiger partial charge in [0.25, 0.3) is 5.91 Å². The van der Waals surface area contributed by atoms with E-state index in [9.17, 15) is 4.79 Å². The van der Waals surface area contributed by atoms with Crippen molar-refractivity contribution in [1.82, 2.24) is 19.9 Å². The van der Waals surface area contributed by atoms with E-state index in [4.69, 9.17) is 10.6 Å². The molecule has 0 aliphatic heterocycles. The smallest absolute Gasteiger partial charge is 0.260 e. The van der Waals surface area contributed by atoms with Crippen LogP contribution in [0.25, 0.3) is 11.4 Å². The standard InChI is InChI=1S/C25H33N5O2/c1-19(21-8-5-9-21)11-12-24(31)30(26)18-20-7-4-10-22(15-20)25-27-16-23(17-28-25)32-14-6-13-29(2)3/h4,7,10-12,15-17,21H,1,5-6,8-9,13-14,18,26H2,2-3H3/b12-11-. The lowest BCUT2D eigenvalue weighted by Gasteiger charge is -2.25. The van der Waals surface area contributed by atoms with Crippen LogP contribution in [0.2, 0.25) is 0 Å². The summed E-state index contributed by atoms with van der Waals surface area (Å²) in [6, 6.07) is 7.71. The van der Waals surface area contributed by atoms with Gasteiger partial charge in [-0.2, -0.15) is 0 Å². The summed E-state index contributed by atoms with van der Waals surface area (Å²) in [5.41, 5.74) is 2.76. The van der Waals surface area contributed by atoms with E-state index in [-0.39, 0.29) is 5.91 Å². The molecule has 3 rings (SSSR count). The minimum Gasteiger partial charge on any atom is -0.490 e. The SMILES string of the molecule is C=C(/C=C\C(=O)N(N)Cc1cccc(-c2ncc(OCCCN(C)C)cn2)c1)C1CCC1. The van der Waals surface area contributed by atoms with Crippen LogP contribution in [0.3, 0.4) is 0 Å². The summed E-state index contributed by atoms with van der Waals surface area (Å²) >= 11 is 0. The number of carbonyl (C=O) groups excluding carboxylic acids is 1. The van der Waals surface area contributed by atoms with Gasteiger partial charge < -0.3 is 9.64 Å². The Hall–Kier alpha value is -3.03. The molecule has 0 atom stereocenters. The molecule has 1 aliphatic rings. The van der Waals surface area contributed by atoms with Crippen molar-refractivity contribution < 1.29 is 9.53 Å². The van der Waals surface area contributed by atoms with Crippen molar-refractivity contribution in [2.24, 2.45) is 11.8 Å². The Morgan fingerprint density at radius 2 is 2.00 bits per heavy atom. The van der Waals surface area contributed by atoms with Gasteiger partial charge in [-0.25, -0.2) is 15.8 Å². The van der Waals surface area contributed by atoms with Crippen molar-refractivity contribution >= 4 is 5.91 Å².